The van der Waals surface area contributed by atoms with E-state index < -0.39 is 5.60 Å². The molecule has 4 atom stereocenters. The zero-order valence-electron chi connectivity index (χ0n) is 15.6. The van der Waals surface area contributed by atoms with E-state index in [1.807, 2.05) is 54.6 Å². The van der Waals surface area contributed by atoms with E-state index in [9.17, 15) is 4.79 Å². The minimum atomic E-state index is -0.645. The molecule has 5 heteroatoms. The van der Waals surface area contributed by atoms with E-state index in [1.165, 1.54) is 0 Å². The van der Waals surface area contributed by atoms with Gasteiger partial charge in [0, 0.05) is 22.4 Å². The summed E-state index contributed by atoms with van der Waals surface area (Å²) in [5.74, 6) is 0.343. The number of amides is 1. The van der Waals surface area contributed by atoms with Crippen LogP contribution in [0.1, 0.15) is 26.7 Å². The minimum absolute atomic E-state index is 0.00105. The number of azo groups is 1. The van der Waals surface area contributed by atoms with Crippen molar-refractivity contribution < 1.29 is 9.53 Å². The lowest BCUT2D eigenvalue weighted by molar-refractivity contribution is -0.176. The number of nitrogens with zero attached hydrogens (tertiary/aromatic N) is 2. The summed E-state index contributed by atoms with van der Waals surface area (Å²) < 4.78 is 6.11. The Labute approximate surface area is 158 Å². The smallest absolute Gasteiger partial charge is 0.257 e. The van der Waals surface area contributed by atoms with Gasteiger partial charge in [-0.3, -0.25) is 4.79 Å². The lowest BCUT2D eigenvalue weighted by Crippen LogP contribution is -2.69. The molecule has 0 unspecified atom stereocenters. The van der Waals surface area contributed by atoms with Crippen molar-refractivity contribution >= 4 is 23.0 Å². The summed E-state index contributed by atoms with van der Waals surface area (Å²) in [6.45, 7) is 5.19. The van der Waals surface area contributed by atoms with E-state index in [1.54, 1.807) is 0 Å². The molecular weight excluding hydrogens is 338 g/mol. The second kappa shape index (κ2) is 5.49. The highest BCUT2D eigenvalue weighted by Gasteiger charge is 2.87. The van der Waals surface area contributed by atoms with E-state index in [0.717, 1.165) is 29.9 Å². The quantitative estimate of drug-likeness (QED) is 0.756. The maximum atomic E-state index is 13.1. The Morgan fingerprint density at radius 1 is 1.04 bits per heavy atom. The maximum Gasteiger partial charge on any atom is 0.257 e. The van der Waals surface area contributed by atoms with Crippen LogP contribution in [0.5, 0.6) is 0 Å². The number of nitrogens with one attached hydrogen (secondary N) is 1. The van der Waals surface area contributed by atoms with Crippen LogP contribution in [0.15, 0.2) is 64.8 Å². The Bertz CT molecular complexity index is 926. The van der Waals surface area contributed by atoms with Crippen LogP contribution in [0.3, 0.4) is 0 Å². The van der Waals surface area contributed by atoms with Crippen LogP contribution in [-0.4, -0.2) is 18.1 Å². The minimum Gasteiger partial charge on any atom is -0.364 e. The standard InChI is InChI=1S/C22H23N3O2/c1-20-14-27-22(18(20)12-13-21(20,22)2)19(26)23-15-8-10-17(11-9-15)25-24-16-6-4-3-5-7-16/h3-11,18H,12-14H2,1-2H3,(H,23,26)/t18-,20+,21-,22+/m0/s1. The van der Waals surface area contributed by atoms with Gasteiger partial charge < -0.3 is 10.1 Å². The maximum absolute atomic E-state index is 13.1. The summed E-state index contributed by atoms with van der Waals surface area (Å²) in [5.41, 5.74) is 1.79. The van der Waals surface area contributed by atoms with Gasteiger partial charge in [0.05, 0.1) is 18.0 Å². The summed E-state index contributed by atoms with van der Waals surface area (Å²) in [6, 6.07) is 17.1. The van der Waals surface area contributed by atoms with Gasteiger partial charge in [-0.2, -0.15) is 10.2 Å². The van der Waals surface area contributed by atoms with Gasteiger partial charge in [-0.1, -0.05) is 32.0 Å². The lowest BCUT2D eigenvalue weighted by atomic mass is 9.44. The van der Waals surface area contributed by atoms with Crippen LogP contribution in [-0.2, 0) is 9.53 Å². The predicted molar refractivity (Wildman–Crippen MR) is 103 cm³/mol. The van der Waals surface area contributed by atoms with Crippen LogP contribution in [0, 0.1) is 16.7 Å². The number of fused-ring (bicyclic) bond motifs is 2. The molecule has 2 aromatic carbocycles. The molecule has 0 aromatic heterocycles. The summed E-state index contributed by atoms with van der Waals surface area (Å²) in [5, 5.41) is 11.5. The van der Waals surface area contributed by atoms with Crippen molar-refractivity contribution in [2.75, 3.05) is 11.9 Å². The molecule has 4 bridgehead atoms. The highest BCUT2D eigenvalue weighted by Crippen LogP contribution is 2.81. The summed E-state index contributed by atoms with van der Waals surface area (Å²) in [6.07, 6.45) is 2.15. The lowest BCUT2D eigenvalue weighted by Gasteiger charge is -2.58. The second-order valence-electron chi connectivity index (χ2n) is 8.40. The third-order valence-electron chi connectivity index (χ3n) is 7.37. The molecule has 1 amide bonds. The molecule has 2 saturated heterocycles. The average molecular weight is 361 g/mol. The van der Waals surface area contributed by atoms with Crippen LogP contribution in [0.4, 0.5) is 17.1 Å². The van der Waals surface area contributed by atoms with Crippen LogP contribution in [0.25, 0.3) is 0 Å². The highest BCUT2D eigenvalue weighted by molar-refractivity contribution is 6.00. The second-order valence-corrected chi connectivity index (χ2v) is 8.40. The fraction of sp³-hybridized carbons (Fsp3) is 0.409. The zero-order valence-corrected chi connectivity index (χ0v) is 15.6. The Hall–Kier alpha value is -2.53. The van der Waals surface area contributed by atoms with Crippen LogP contribution < -0.4 is 5.32 Å². The molecule has 138 valence electrons. The van der Waals surface area contributed by atoms with Crippen molar-refractivity contribution in [2.24, 2.45) is 27.0 Å². The summed E-state index contributed by atoms with van der Waals surface area (Å²) >= 11 is 0. The molecule has 2 aliphatic heterocycles. The summed E-state index contributed by atoms with van der Waals surface area (Å²) in [7, 11) is 0. The molecule has 2 heterocycles. The van der Waals surface area contributed by atoms with Gasteiger partial charge in [0.2, 0.25) is 0 Å². The molecule has 1 N–H and O–H groups in total. The molecule has 0 radical (unpaired) electrons. The topological polar surface area (TPSA) is 63.0 Å². The van der Waals surface area contributed by atoms with Crippen molar-refractivity contribution in [3.63, 3.8) is 0 Å². The van der Waals surface area contributed by atoms with Gasteiger partial charge in [0.15, 0.2) is 5.60 Å². The number of ether oxygens (including phenoxy) is 1. The molecule has 0 spiro atoms. The fourth-order valence-electron chi connectivity index (χ4n) is 5.69. The predicted octanol–water partition coefficient (Wildman–Crippen LogP) is 5.25. The number of carbonyl (C=O) groups is 1. The van der Waals surface area contributed by atoms with Gasteiger partial charge in [-0.25, -0.2) is 0 Å². The molecule has 5 aliphatic rings. The molecule has 5 nitrogen and oxygen atoms in total. The van der Waals surface area contributed by atoms with E-state index in [-0.39, 0.29) is 16.7 Å². The first kappa shape index (κ1) is 16.6. The van der Waals surface area contributed by atoms with Crippen molar-refractivity contribution in [3.8, 4) is 0 Å². The van der Waals surface area contributed by atoms with E-state index in [4.69, 9.17) is 4.74 Å². The first-order chi connectivity index (χ1) is 13.0. The van der Waals surface area contributed by atoms with Crippen molar-refractivity contribution in [1.82, 2.24) is 0 Å². The molecule has 27 heavy (non-hydrogen) atoms. The van der Waals surface area contributed by atoms with Gasteiger partial charge >= 0.3 is 0 Å². The van der Waals surface area contributed by atoms with Gasteiger partial charge in [0.25, 0.3) is 5.91 Å². The van der Waals surface area contributed by atoms with E-state index in [2.05, 4.69) is 29.4 Å². The Morgan fingerprint density at radius 2 is 1.70 bits per heavy atom. The molecule has 2 aromatic rings. The van der Waals surface area contributed by atoms with E-state index >= 15 is 0 Å². The van der Waals surface area contributed by atoms with Gasteiger partial charge in [0.1, 0.15) is 0 Å². The third-order valence-corrected chi connectivity index (χ3v) is 7.37. The molecule has 3 aliphatic carbocycles. The number of anilines is 1. The molecule has 5 fully saturated rings. The number of benzene rings is 2. The monoisotopic (exact) mass is 361 g/mol. The third kappa shape index (κ3) is 2.00. The largest absolute Gasteiger partial charge is 0.364 e. The fourth-order valence-corrected chi connectivity index (χ4v) is 5.69. The Morgan fingerprint density at radius 3 is 2.33 bits per heavy atom. The molecule has 3 saturated carbocycles. The van der Waals surface area contributed by atoms with Crippen molar-refractivity contribution in [2.45, 2.75) is 32.3 Å². The highest BCUT2D eigenvalue weighted by atomic mass is 16.5. The molecular formula is C22H23N3O2. The Balaban J connectivity index is 1.30. The number of carbonyl (C=O) groups excluding carboxylic acids is 1. The SMILES string of the molecule is C[C@]12CC[C@H]3[C@@]1(C)CO[C@@]32C(=O)Nc1ccc(N=Nc2ccccc2)cc1. The molecule has 7 rings (SSSR count). The summed E-state index contributed by atoms with van der Waals surface area (Å²) in [4.78, 5) is 13.1. The normalized spacial score (nSPS) is 36.0. The number of hydrogen-bond acceptors (Lipinski definition) is 4. The average Bonchev–Trinajstić information content (AvgIpc) is 3.34. The van der Waals surface area contributed by atoms with Crippen molar-refractivity contribution in [3.05, 3.63) is 54.6 Å². The Kier molecular flexibility index (Phi) is 3.38. The first-order valence-corrected chi connectivity index (χ1v) is 9.52. The number of rotatable bonds is 4. The van der Waals surface area contributed by atoms with Crippen molar-refractivity contribution in [1.29, 1.82) is 0 Å². The van der Waals surface area contributed by atoms with Crippen LogP contribution in [0.2, 0.25) is 0 Å². The number of hydrogen-bond donors (Lipinski definition) is 1. The van der Waals surface area contributed by atoms with Gasteiger partial charge in [-0.15, -0.1) is 0 Å². The van der Waals surface area contributed by atoms with Crippen LogP contribution >= 0.6 is 0 Å². The first-order valence-electron chi connectivity index (χ1n) is 9.52. The van der Waals surface area contributed by atoms with Gasteiger partial charge in [-0.05, 0) is 49.2 Å². The van der Waals surface area contributed by atoms with E-state index in [0.29, 0.717) is 12.5 Å². The zero-order chi connectivity index (χ0) is 18.7.